The van der Waals surface area contributed by atoms with E-state index in [-0.39, 0.29) is 11.5 Å². The van der Waals surface area contributed by atoms with Gasteiger partial charge in [0.1, 0.15) is 17.4 Å². The molecule has 0 N–H and O–H groups in total. The van der Waals surface area contributed by atoms with E-state index in [0.717, 1.165) is 31.2 Å². The highest BCUT2D eigenvalue weighted by Crippen LogP contribution is 2.36. The molecule has 2 aromatic carbocycles. The minimum Gasteiger partial charge on any atom is -0.459 e. The number of rotatable bonds is 3. The average molecular weight is 403 g/mol. The molecule has 5 heteroatoms. The van der Waals surface area contributed by atoms with E-state index in [1.54, 1.807) is 25.1 Å². The summed E-state index contributed by atoms with van der Waals surface area (Å²) in [7, 11) is 2.16. The Bertz CT molecular complexity index is 1150. The van der Waals surface area contributed by atoms with Crippen LogP contribution in [-0.4, -0.2) is 36.1 Å². The predicted octanol–water partition coefficient (Wildman–Crippen LogP) is 4.55. The largest absolute Gasteiger partial charge is 0.459 e. The van der Waals surface area contributed by atoms with Crippen molar-refractivity contribution in [3.63, 3.8) is 0 Å². The Morgan fingerprint density at radius 2 is 1.73 bits per heavy atom. The van der Waals surface area contributed by atoms with Crippen molar-refractivity contribution in [3.8, 4) is 11.3 Å². The quantitative estimate of drug-likeness (QED) is 0.601. The van der Waals surface area contributed by atoms with Gasteiger partial charge < -0.3 is 14.1 Å². The van der Waals surface area contributed by atoms with Gasteiger partial charge >= 0.3 is 5.97 Å². The van der Waals surface area contributed by atoms with E-state index >= 15 is 0 Å². The van der Waals surface area contributed by atoms with Crippen LogP contribution in [0.15, 0.2) is 57.7 Å². The van der Waals surface area contributed by atoms with Crippen molar-refractivity contribution in [3.05, 3.63) is 69.9 Å². The summed E-state index contributed by atoms with van der Waals surface area (Å²) in [6.45, 7) is 1.76. The molecule has 5 rings (SSSR count). The summed E-state index contributed by atoms with van der Waals surface area (Å²) >= 11 is 0. The maximum Gasteiger partial charge on any atom is 0.342 e. The number of carbonyl (C=O) groups excluding carboxylic acids is 1. The second kappa shape index (κ2) is 7.40. The van der Waals surface area contributed by atoms with Gasteiger partial charge in [-0.3, -0.25) is 4.79 Å². The van der Waals surface area contributed by atoms with E-state index < -0.39 is 5.97 Å². The molecule has 0 spiro atoms. The first-order valence-corrected chi connectivity index (χ1v) is 10.6. The van der Waals surface area contributed by atoms with Crippen LogP contribution in [0.4, 0.5) is 0 Å². The van der Waals surface area contributed by atoms with Crippen molar-refractivity contribution >= 4 is 16.9 Å². The van der Waals surface area contributed by atoms with Gasteiger partial charge in [-0.05, 0) is 38.9 Å². The van der Waals surface area contributed by atoms with Gasteiger partial charge in [0.15, 0.2) is 11.0 Å². The van der Waals surface area contributed by atoms with Crippen LogP contribution in [0.3, 0.4) is 0 Å². The molecule has 2 atom stereocenters. The zero-order valence-electron chi connectivity index (χ0n) is 17.3. The molecule has 30 heavy (non-hydrogen) atoms. The summed E-state index contributed by atoms with van der Waals surface area (Å²) in [6, 6.07) is 15.6. The Labute approximate surface area is 175 Å². The smallest absolute Gasteiger partial charge is 0.342 e. The number of benzene rings is 2. The fourth-order valence-corrected chi connectivity index (χ4v) is 5.01. The van der Waals surface area contributed by atoms with Crippen molar-refractivity contribution in [1.29, 1.82) is 0 Å². The Kier molecular flexibility index (Phi) is 4.70. The van der Waals surface area contributed by atoms with Crippen LogP contribution < -0.4 is 5.43 Å². The lowest BCUT2D eigenvalue weighted by Crippen LogP contribution is -2.43. The molecule has 154 valence electrons. The lowest BCUT2D eigenvalue weighted by molar-refractivity contribution is -0.000357. The van der Waals surface area contributed by atoms with Crippen LogP contribution in [0.2, 0.25) is 0 Å². The number of piperidine rings is 1. The highest BCUT2D eigenvalue weighted by atomic mass is 16.5. The van der Waals surface area contributed by atoms with E-state index in [2.05, 4.69) is 11.9 Å². The van der Waals surface area contributed by atoms with E-state index in [1.165, 1.54) is 0 Å². The molecule has 2 saturated heterocycles. The molecule has 0 saturated carbocycles. The lowest BCUT2D eigenvalue weighted by Gasteiger charge is -2.35. The van der Waals surface area contributed by atoms with Gasteiger partial charge in [0, 0.05) is 36.1 Å². The Hall–Kier alpha value is -2.92. The second-order valence-corrected chi connectivity index (χ2v) is 8.48. The molecule has 2 aliphatic rings. The summed E-state index contributed by atoms with van der Waals surface area (Å²) < 4.78 is 12.1. The molecular weight excluding hydrogens is 378 g/mol. The van der Waals surface area contributed by atoms with Crippen molar-refractivity contribution in [2.24, 2.45) is 0 Å². The van der Waals surface area contributed by atoms with Crippen molar-refractivity contribution in [2.75, 3.05) is 7.05 Å². The zero-order chi connectivity index (χ0) is 20.8. The summed E-state index contributed by atoms with van der Waals surface area (Å²) in [5.41, 5.74) is 1.83. The Balaban J connectivity index is 1.52. The third kappa shape index (κ3) is 3.14. The van der Waals surface area contributed by atoms with Gasteiger partial charge in [0.05, 0.1) is 5.39 Å². The molecule has 0 aliphatic carbocycles. The number of para-hydroxylation sites is 1. The molecule has 2 fully saturated rings. The van der Waals surface area contributed by atoms with Crippen molar-refractivity contribution in [2.45, 2.75) is 50.8 Å². The third-order valence-electron chi connectivity index (χ3n) is 6.73. The zero-order valence-corrected chi connectivity index (χ0v) is 17.3. The Morgan fingerprint density at radius 1 is 1.03 bits per heavy atom. The number of ether oxygens (including phenoxy) is 1. The lowest BCUT2D eigenvalue weighted by atomic mass is 10.0. The second-order valence-electron chi connectivity index (χ2n) is 8.48. The first-order chi connectivity index (χ1) is 14.5. The van der Waals surface area contributed by atoms with Crippen molar-refractivity contribution in [1.82, 2.24) is 4.90 Å². The molecule has 2 bridgehead atoms. The maximum absolute atomic E-state index is 13.1. The van der Waals surface area contributed by atoms with Crippen LogP contribution in [-0.2, 0) is 4.74 Å². The van der Waals surface area contributed by atoms with Crippen molar-refractivity contribution < 1.29 is 13.9 Å². The highest BCUT2D eigenvalue weighted by Gasteiger charge is 2.40. The number of carbonyl (C=O) groups is 1. The number of nitrogens with zero attached hydrogens (tertiary/aromatic N) is 1. The molecule has 3 aromatic rings. The maximum atomic E-state index is 13.1. The summed E-state index contributed by atoms with van der Waals surface area (Å²) in [5.74, 6) is 0.0752. The van der Waals surface area contributed by atoms with Gasteiger partial charge in [0.25, 0.3) is 0 Å². The molecule has 3 heterocycles. The topological polar surface area (TPSA) is 59.8 Å². The van der Waals surface area contributed by atoms with Crippen LogP contribution in [0.5, 0.6) is 0 Å². The monoisotopic (exact) mass is 403 g/mol. The SMILES string of the molecule is Cc1c(-c2ccccc2)oc2c(C(=O)OC3CC4CCC(C3)N4C)cccc2c1=O. The fraction of sp³-hybridized carbons (Fsp3) is 0.360. The number of hydrogen-bond donors (Lipinski definition) is 0. The van der Waals surface area contributed by atoms with Gasteiger partial charge in [-0.1, -0.05) is 36.4 Å². The average Bonchev–Trinajstić information content (AvgIpc) is 2.97. The van der Waals surface area contributed by atoms with E-state index in [4.69, 9.17) is 9.15 Å². The summed E-state index contributed by atoms with van der Waals surface area (Å²) in [6.07, 6.45) is 3.96. The number of fused-ring (bicyclic) bond motifs is 3. The molecule has 2 unspecified atom stereocenters. The van der Waals surface area contributed by atoms with Gasteiger partial charge in [-0.2, -0.15) is 0 Å². The minimum atomic E-state index is -0.416. The van der Waals surface area contributed by atoms with Crippen LogP contribution in [0.25, 0.3) is 22.3 Å². The number of hydrogen-bond acceptors (Lipinski definition) is 5. The molecule has 0 amide bonds. The Morgan fingerprint density at radius 3 is 2.43 bits per heavy atom. The summed E-state index contributed by atoms with van der Waals surface area (Å²) in [5, 5.41) is 0.407. The number of esters is 1. The van der Waals surface area contributed by atoms with Crippen LogP contribution in [0.1, 0.15) is 41.6 Å². The molecular formula is C25H25NO4. The summed E-state index contributed by atoms with van der Waals surface area (Å²) in [4.78, 5) is 28.5. The van der Waals surface area contributed by atoms with Gasteiger partial charge in [-0.15, -0.1) is 0 Å². The van der Waals surface area contributed by atoms with E-state index in [9.17, 15) is 9.59 Å². The third-order valence-corrected chi connectivity index (χ3v) is 6.73. The van der Waals surface area contributed by atoms with Gasteiger partial charge in [0.2, 0.25) is 0 Å². The molecule has 0 radical (unpaired) electrons. The van der Waals surface area contributed by atoms with E-state index in [0.29, 0.717) is 39.9 Å². The first kappa shape index (κ1) is 19.1. The van der Waals surface area contributed by atoms with Crippen LogP contribution >= 0.6 is 0 Å². The molecule has 1 aromatic heterocycles. The normalized spacial score (nSPS) is 23.6. The minimum absolute atomic E-state index is 0.0905. The highest BCUT2D eigenvalue weighted by molar-refractivity contribution is 6.02. The predicted molar refractivity (Wildman–Crippen MR) is 116 cm³/mol. The first-order valence-electron chi connectivity index (χ1n) is 10.6. The molecule has 2 aliphatic heterocycles. The van der Waals surface area contributed by atoms with Crippen LogP contribution in [0, 0.1) is 6.92 Å². The fourth-order valence-electron chi connectivity index (χ4n) is 5.01. The molecule has 5 nitrogen and oxygen atoms in total. The standard InChI is InChI=1S/C25H25NO4/c1-15-22(27)20-9-6-10-21(24(20)30-23(15)16-7-4-3-5-8-16)25(28)29-19-13-17-11-12-18(14-19)26(17)2/h3-10,17-19H,11-14H2,1-2H3. The van der Waals surface area contributed by atoms with Gasteiger partial charge in [-0.25, -0.2) is 4.79 Å². The van der Waals surface area contributed by atoms with E-state index in [1.807, 2.05) is 30.3 Å².